The van der Waals surface area contributed by atoms with Gasteiger partial charge in [0, 0.05) is 6.20 Å². The molecule has 0 fully saturated rings. The zero-order valence-electron chi connectivity index (χ0n) is 7.75. The second-order valence-corrected chi connectivity index (χ2v) is 4.03. The van der Waals surface area contributed by atoms with E-state index in [0.29, 0.717) is 0 Å². The molecule has 0 radical (unpaired) electrons. The molecule has 0 aliphatic rings. The topological polar surface area (TPSA) is 12.9 Å². The molecule has 0 aliphatic carbocycles. The summed E-state index contributed by atoms with van der Waals surface area (Å²) in [5.41, 5.74) is 2.45. The molecule has 0 saturated heterocycles. The molecule has 0 saturated carbocycles. The standard InChI is InChI=1S/C10H16NP/c1-8(2)5-6-9-4-3-7-11-10(9)12/h3-4,7-8H,5-6,12H2,1-2H3. The third kappa shape index (κ3) is 2.91. The maximum Gasteiger partial charge on any atom is 0.0600 e. The molecule has 2 heteroatoms. The number of rotatable bonds is 3. The fraction of sp³-hybridized carbons (Fsp3) is 0.500. The molecular formula is C10H16NP. The molecule has 66 valence electrons. The first kappa shape index (κ1) is 9.67. The van der Waals surface area contributed by atoms with Gasteiger partial charge in [0.25, 0.3) is 0 Å². The van der Waals surface area contributed by atoms with E-state index < -0.39 is 0 Å². The van der Waals surface area contributed by atoms with Crippen molar-refractivity contribution in [2.24, 2.45) is 5.92 Å². The molecule has 1 nitrogen and oxygen atoms in total. The van der Waals surface area contributed by atoms with Gasteiger partial charge in [-0.25, -0.2) is 0 Å². The third-order valence-electron chi connectivity index (χ3n) is 1.92. The van der Waals surface area contributed by atoms with Gasteiger partial charge in [0.1, 0.15) is 0 Å². The van der Waals surface area contributed by atoms with Crippen LogP contribution < -0.4 is 5.44 Å². The lowest BCUT2D eigenvalue weighted by Crippen LogP contribution is -2.06. The third-order valence-corrected chi connectivity index (χ3v) is 2.44. The summed E-state index contributed by atoms with van der Waals surface area (Å²) in [6.45, 7) is 4.50. The fourth-order valence-electron chi connectivity index (χ4n) is 1.11. The van der Waals surface area contributed by atoms with Crippen molar-refractivity contribution < 1.29 is 0 Å². The number of hydrogen-bond acceptors (Lipinski definition) is 1. The Balaban J connectivity index is 2.57. The minimum absolute atomic E-state index is 0.773. The van der Waals surface area contributed by atoms with Crippen molar-refractivity contribution in [2.75, 3.05) is 0 Å². The Morgan fingerprint density at radius 1 is 1.50 bits per heavy atom. The van der Waals surface area contributed by atoms with Gasteiger partial charge in [0.15, 0.2) is 0 Å². The molecule has 1 rings (SSSR count). The summed E-state index contributed by atoms with van der Waals surface area (Å²) in [4.78, 5) is 4.22. The van der Waals surface area contributed by atoms with E-state index in [1.807, 2.05) is 12.3 Å². The SMILES string of the molecule is CC(C)CCc1cccnc1P. The zero-order chi connectivity index (χ0) is 8.97. The number of pyridine rings is 1. The lowest BCUT2D eigenvalue weighted by atomic mass is 10.0. The van der Waals surface area contributed by atoms with Gasteiger partial charge in [-0.05, 0) is 30.4 Å². The van der Waals surface area contributed by atoms with E-state index in [-0.39, 0.29) is 0 Å². The molecule has 1 aromatic rings. The number of hydrogen-bond donors (Lipinski definition) is 0. The molecule has 0 N–H and O–H groups in total. The highest BCUT2D eigenvalue weighted by Crippen LogP contribution is 2.07. The molecule has 0 aliphatic heterocycles. The first-order valence-electron chi connectivity index (χ1n) is 4.39. The van der Waals surface area contributed by atoms with Crippen LogP contribution >= 0.6 is 9.24 Å². The van der Waals surface area contributed by atoms with Gasteiger partial charge in [0.2, 0.25) is 0 Å². The number of nitrogens with zero attached hydrogens (tertiary/aromatic N) is 1. The summed E-state index contributed by atoms with van der Waals surface area (Å²) in [6, 6.07) is 4.15. The monoisotopic (exact) mass is 181 g/mol. The highest BCUT2D eigenvalue weighted by molar-refractivity contribution is 7.27. The summed E-state index contributed by atoms with van der Waals surface area (Å²) >= 11 is 0. The Bertz CT molecular complexity index is 245. The lowest BCUT2D eigenvalue weighted by molar-refractivity contribution is 0.587. The molecular weight excluding hydrogens is 165 g/mol. The summed E-state index contributed by atoms with van der Waals surface area (Å²) in [6.07, 6.45) is 4.22. The van der Waals surface area contributed by atoms with Crippen LogP contribution in [-0.2, 0) is 6.42 Å². The van der Waals surface area contributed by atoms with E-state index in [4.69, 9.17) is 0 Å². The van der Waals surface area contributed by atoms with Crippen LogP contribution in [0.2, 0.25) is 0 Å². The fourth-order valence-corrected chi connectivity index (χ4v) is 1.43. The van der Waals surface area contributed by atoms with Crippen molar-refractivity contribution >= 4 is 14.7 Å². The largest absolute Gasteiger partial charge is 0.257 e. The van der Waals surface area contributed by atoms with E-state index in [1.54, 1.807) is 0 Å². The Kier molecular flexibility index (Phi) is 3.68. The Morgan fingerprint density at radius 3 is 2.83 bits per heavy atom. The van der Waals surface area contributed by atoms with Crippen LogP contribution in [0.3, 0.4) is 0 Å². The summed E-state index contributed by atoms with van der Waals surface area (Å²) < 4.78 is 0. The van der Waals surface area contributed by atoms with E-state index in [9.17, 15) is 0 Å². The number of aromatic nitrogens is 1. The average molecular weight is 181 g/mol. The maximum atomic E-state index is 4.22. The van der Waals surface area contributed by atoms with Gasteiger partial charge in [-0.2, -0.15) is 0 Å². The zero-order valence-corrected chi connectivity index (χ0v) is 8.90. The second kappa shape index (κ2) is 4.57. The van der Waals surface area contributed by atoms with Gasteiger partial charge in [-0.3, -0.25) is 4.98 Å². The first-order valence-corrected chi connectivity index (χ1v) is 4.97. The van der Waals surface area contributed by atoms with Crippen LogP contribution in [0.15, 0.2) is 18.3 Å². The van der Waals surface area contributed by atoms with Crippen molar-refractivity contribution in [1.82, 2.24) is 4.98 Å². The van der Waals surface area contributed by atoms with E-state index >= 15 is 0 Å². The summed E-state index contributed by atoms with van der Waals surface area (Å²) in [5, 5.41) is 0. The van der Waals surface area contributed by atoms with Crippen molar-refractivity contribution in [3.05, 3.63) is 23.9 Å². The molecule has 1 unspecified atom stereocenters. The lowest BCUT2D eigenvalue weighted by Gasteiger charge is -2.05. The Labute approximate surface area is 76.8 Å². The van der Waals surface area contributed by atoms with Gasteiger partial charge in [-0.1, -0.05) is 29.2 Å². The van der Waals surface area contributed by atoms with Crippen molar-refractivity contribution in [1.29, 1.82) is 0 Å². The summed E-state index contributed by atoms with van der Waals surface area (Å²) in [7, 11) is 2.68. The van der Waals surface area contributed by atoms with Gasteiger partial charge in [0.05, 0.1) is 5.44 Å². The van der Waals surface area contributed by atoms with Gasteiger partial charge >= 0.3 is 0 Å². The molecule has 0 aromatic carbocycles. The van der Waals surface area contributed by atoms with Crippen LogP contribution in [0.1, 0.15) is 25.8 Å². The van der Waals surface area contributed by atoms with Gasteiger partial charge in [-0.15, -0.1) is 0 Å². The minimum Gasteiger partial charge on any atom is -0.257 e. The Hall–Kier alpha value is -0.420. The predicted octanol–water partition coefficient (Wildman–Crippen LogP) is 2.17. The maximum absolute atomic E-state index is 4.22. The molecule has 0 spiro atoms. The van der Waals surface area contributed by atoms with E-state index in [2.05, 4.69) is 34.1 Å². The van der Waals surface area contributed by atoms with Crippen LogP contribution in [0.4, 0.5) is 0 Å². The van der Waals surface area contributed by atoms with Crippen LogP contribution in [0, 0.1) is 5.92 Å². The van der Waals surface area contributed by atoms with Crippen LogP contribution in [-0.4, -0.2) is 4.98 Å². The second-order valence-electron chi connectivity index (χ2n) is 3.48. The van der Waals surface area contributed by atoms with Crippen LogP contribution in [0.25, 0.3) is 0 Å². The minimum atomic E-state index is 0.773. The predicted molar refractivity (Wildman–Crippen MR) is 56.7 cm³/mol. The smallest absolute Gasteiger partial charge is 0.0600 e. The van der Waals surface area contributed by atoms with Gasteiger partial charge < -0.3 is 0 Å². The van der Waals surface area contributed by atoms with E-state index in [1.165, 1.54) is 12.0 Å². The normalized spacial score (nSPS) is 10.7. The molecule has 1 atom stereocenters. The highest BCUT2D eigenvalue weighted by Gasteiger charge is 1.99. The molecule has 1 aromatic heterocycles. The molecule has 0 bridgehead atoms. The number of aryl methyl sites for hydroxylation is 1. The quantitative estimate of drug-likeness (QED) is 0.651. The molecule has 1 heterocycles. The Morgan fingerprint density at radius 2 is 2.25 bits per heavy atom. The van der Waals surface area contributed by atoms with Crippen molar-refractivity contribution in [3.63, 3.8) is 0 Å². The first-order chi connectivity index (χ1) is 5.70. The molecule has 12 heavy (non-hydrogen) atoms. The highest BCUT2D eigenvalue weighted by atomic mass is 31.0. The molecule has 0 amide bonds. The average Bonchev–Trinajstić information content (AvgIpc) is 2.03. The van der Waals surface area contributed by atoms with E-state index in [0.717, 1.165) is 17.8 Å². The summed E-state index contributed by atoms with van der Waals surface area (Å²) in [5.74, 6) is 0.773. The van der Waals surface area contributed by atoms with Crippen molar-refractivity contribution in [3.8, 4) is 0 Å². The van der Waals surface area contributed by atoms with Crippen molar-refractivity contribution in [2.45, 2.75) is 26.7 Å². The van der Waals surface area contributed by atoms with Crippen LogP contribution in [0.5, 0.6) is 0 Å².